The van der Waals surface area contributed by atoms with Gasteiger partial charge in [-0.15, -0.1) is 5.10 Å². The molecule has 2 aromatic rings. The molecular formula is C23H38N6O3S. The highest BCUT2D eigenvalue weighted by Gasteiger charge is 2.19. The lowest BCUT2D eigenvalue weighted by atomic mass is 10.2. The van der Waals surface area contributed by atoms with E-state index in [9.17, 15) is 9.00 Å². The van der Waals surface area contributed by atoms with Gasteiger partial charge in [0.05, 0.1) is 28.1 Å². The molecular weight excluding hydrogens is 440 g/mol. The smallest absolute Gasteiger partial charge is 0.277 e. The number of nitrogens with zero attached hydrogens (tertiary/aromatic N) is 5. The normalized spacial score (nSPS) is 15.3. The molecule has 0 bridgehead atoms. The quantitative estimate of drug-likeness (QED) is 0.303. The van der Waals surface area contributed by atoms with Gasteiger partial charge in [-0.3, -0.25) is 4.79 Å². The minimum atomic E-state index is -2.71. The van der Waals surface area contributed by atoms with E-state index in [1.807, 2.05) is 7.05 Å². The number of rotatable bonds is 11. The topological polar surface area (TPSA) is 95.8 Å². The van der Waals surface area contributed by atoms with Crippen LogP contribution in [0.3, 0.4) is 0 Å². The van der Waals surface area contributed by atoms with Gasteiger partial charge in [0.1, 0.15) is 11.6 Å². The van der Waals surface area contributed by atoms with Crippen molar-refractivity contribution in [2.45, 2.75) is 47.5 Å². The van der Waals surface area contributed by atoms with E-state index in [0.717, 1.165) is 25.3 Å². The Morgan fingerprint density at radius 2 is 1.94 bits per heavy atom. The summed E-state index contributed by atoms with van der Waals surface area (Å²) >= 11 is 0. The maximum atomic E-state index is 13.5. The second-order valence-corrected chi connectivity index (χ2v) is 10.8. The summed E-state index contributed by atoms with van der Waals surface area (Å²) in [5.74, 6) is 5.60. The maximum absolute atomic E-state index is 13.5. The van der Waals surface area contributed by atoms with Crippen LogP contribution in [0.4, 0.5) is 0 Å². The number of allylic oxidation sites excluding steroid dienone is 4. The van der Waals surface area contributed by atoms with Crippen LogP contribution in [0.15, 0.2) is 21.5 Å². The predicted molar refractivity (Wildman–Crippen MR) is 137 cm³/mol. The first-order valence-corrected chi connectivity index (χ1v) is 12.8. The van der Waals surface area contributed by atoms with Crippen LogP contribution in [-0.4, -0.2) is 79.7 Å². The van der Waals surface area contributed by atoms with Crippen molar-refractivity contribution in [3.63, 3.8) is 0 Å². The van der Waals surface area contributed by atoms with Gasteiger partial charge in [0.2, 0.25) is 0 Å². The number of likely N-dealkylation sites (N-methyl/N-ethyl adjacent to an activating group) is 2. The minimum Gasteiger partial charge on any atom is -0.501 e. The van der Waals surface area contributed by atoms with Crippen LogP contribution in [0, 0.1) is 6.92 Å². The van der Waals surface area contributed by atoms with Crippen LogP contribution >= 0.6 is 0 Å². The molecule has 10 heteroatoms. The second kappa shape index (κ2) is 11.1. The minimum absolute atomic E-state index is 0.283. The number of hydrogen-bond donors (Lipinski definition) is 1. The Kier molecular flexibility index (Phi) is 9.04. The fourth-order valence-electron chi connectivity index (χ4n) is 3.35. The molecule has 9 nitrogen and oxygen atoms in total. The Bertz CT molecular complexity index is 1210. The van der Waals surface area contributed by atoms with E-state index in [4.69, 9.17) is 4.74 Å². The summed E-state index contributed by atoms with van der Waals surface area (Å²) in [6.45, 7) is 11.8. The summed E-state index contributed by atoms with van der Waals surface area (Å²) in [7, 11) is 2.66. The molecule has 0 aliphatic rings. The number of nitrogens with one attached hydrogen (secondary N) is 1. The van der Waals surface area contributed by atoms with Gasteiger partial charge in [0.15, 0.2) is 11.3 Å². The molecule has 1 unspecified atom stereocenters. The van der Waals surface area contributed by atoms with Crippen molar-refractivity contribution >= 4 is 26.7 Å². The molecule has 0 amide bonds. The predicted octanol–water partition coefficient (Wildman–Crippen LogP) is 2.47. The molecule has 0 fully saturated rings. The lowest BCUT2D eigenvalue weighted by Gasteiger charge is -2.25. The zero-order valence-corrected chi connectivity index (χ0v) is 22.0. The largest absolute Gasteiger partial charge is 0.501 e. The van der Waals surface area contributed by atoms with E-state index in [1.165, 1.54) is 0 Å². The molecule has 33 heavy (non-hydrogen) atoms. The first kappa shape index (κ1) is 26.8. The highest BCUT2D eigenvalue weighted by molar-refractivity contribution is 8.01. The second-order valence-electron chi connectivity index (χ2n) is 8.24. The number of H-pyrrole nitrogens is 1. The fraction of sp³-hybridized carbons (Fsp3) is 0.565. The van der Waals surface area contributed by atoms with E-state index in [0.29, 0.717) is 46.2 Å². The van der Waals surface area contributed by atoms with E-state index < -0.39 is 9.71 Å². The van der Waals surface area contributed by atoms with Crippen molar-refractivity contribution in [2.75, 3.05) is 40.8 Å². The molecule has 2 heterocycles. The number of aryl methyl sites for hydroxylation is 2. The molecule has 0 saturated heterocycles. The summed E-state index contributed by atoms with van der Waals surface area (Å²) in [4.78, 5) is 23.0. The Morgan fingerprint density at radius 3 is 2.52 bits per heavy atom. The maximum Gasteiger partial charge on any atom is 0.277 e. The molecule has 2 rings (SSSR count). The standard InChI is InChI=1S/C23H38N6O3S/c1-10-12-20-24-17(4)21-23(30)25-22(26-29(20)21)19(18(5)32-8)15-16(3)33(9,31)28(7)14-13-27(6)11-2/h15H,9-14H2,1-8H3,(H,25,26,30). The molecule has 0 aliphatic heterocycles. The first-order chi connectivity index (χ1) is 15.5. The molecule has 184 valence electrons. The number of methoxy groups -OCH3 is 1. The molecule has 2 aromatic heterocycles. The SMILES string of the molecule is C=S(=O)(C(C)=CC(=C(C)OC)c1nn2c(CCC)nc(C)c2c(=O)[nH]1)N(C)CCN(C)CC. The number of ether oxygens (including phenoxy) is 1. The molecule has 0 saturated carbocycles. The van der Waals surface area contributed by atoms with Crippen LogP contribution in [0.5, 0.6) is 0 Å². The van der Waals surface area contributed by atoms with Gasteiger partial charge in [-0.2, -0.15) is 0 Å². The Morgan fingerprint density at radius 1 is 1.27 bits per heavy atom. The van der Waals surface area contributed by atoms with Crippen molar-refractivity contribution < 1.29 is 8.95 Å². The Labute approximate surface area is 197 Å². The monoisotopic (exact) mass is 478 g/mol. The van der Waals surface area contributed by atoms with Crippen LogP contribution in [0.25, 0.3) is 11.1 Å². The van der Waals surface area contributed by atoms with Gasteiger partial charge in [-0.05, 0) is 59.8 Å². The highest BCUT2D eigenvalue weighted by atomic mass is 32.2. The van der Waals surface area contributed by atoms with E-state index in [-0.39, 0.29) is 5.56 Å². The van der Waals surface area contributed by atoms with Gasteiger partial charge >= 0.3 is 0 Å². The third-order valence-corrected chi connectivity index (χ3v) is 8.16. The lowest BCUT2D eigenvalue weighted by Crippen LogP contribution is -2.34. The van der Waals surface area contributed by atoms with Gasteiger partial charge in [-0.25, -0.2) is 18.0 Å². The zero-order chi connectivity index (χ0) is 24.9. The summed E-state index contributed by atoms with van der Waals surface area (Å²) in [5, 5.41) is 4.68. The van der Waals surface area contributed by atoms with Gasteiger partial charge in [0.25, 0.3) is 5.56 Å². The third kappa shape index (κ3) is 5.93. The number of aromatic nitrogens is 4. The number of imidazole rings is 1. The van der Waals surface area contributed by atoms with Crippen molar-refractivity contribution in [3.05, 3.63) is 44.4 Å². The summed E-state index contributed by atoms with van der Waals surface area (Å²) in [6, 6.07) is 0. The van der Waals surface area contributed by atoms with Crippen molar-refractivity contribution in [3.8, 4) is 0 Å². The summed E-state index contributed by atoms with van der Waals surface area (Å²) in [5.41, 5.74) is 1.32. The van der Waals surface area contributed by atoms with Crippen molar-refractivity contribution in [2.24, 2.45) is 0 Å². The van der Waals surface area contributed by atoms with Crippen LogP contribution in [-0.2, 0) is 20.9 Å². The first-order valence-electron chi connectivity index (χ1n) is 11.2. The van der Waals surface area contributed by atoms with Crippen LogP contribution < -0.4 is 5.56 Å². The van der Waals surface area contributed by atoms with E-state index in [2.05, 4.69) is 39.7 Å². The molecule has 0 radical (unpaired) electrons. The third-order valence-electron chi connectivity index (χ3n) is 5.85. The molecule has 0 aromatic carbocycles. The highest BCUT2D eigenvalue weighted by Crippen LogP contribution is 2.22. The average Bonchev–Trinajstić information content (AvgIpc) is 3.10. The van der Waals surface area contributed by atoms with Gasteiger partial charge < -0.3 is 14.6 Å². The fourth-order valence-corrected chi connectivity index (χ4v) is 4.52. The molecule has 0 spiro atoms. The van der Waals surface area contributed by atoms with Gasteiger partial charge in [-0.1, -0.05) is 13.8 Å². The lowest BCUT2D eigenvalue weighted by molar-refractivity contribution is 0.296. The van der Waals surface area contributed by atoms with Crippen molar-refractivity contribution in [1.29, 1.82) is 0 Å². The Balaban J connectivity index is 2.57. The van der Waals surface area contributed by atoms with E-state index >= 15 is 0 Å². The molecule has 1 N–H and O–H groups in total. The summed E-state index contributed by atoms with van der Waals surface area (Å²) in [6.07, 6.45) is 3.32. The zero-order valence-electron chi connectivity index (χ0n) is 21.2. The summed E-state index contributed by atoms with van der Waals surface area (Å²) < 4.78 is 22.4. The number of aromatic amines is 1. The number of fused-ring (bicyclic) bond motifs is 1. The van der Waals surface area contributed by atoms with Crippen LogP contribution in [0.1, 0.15) is 51.5 Å². The Hall–Kier alpha value is -2.43. The molecule has 0 aliphatic carbocycles. The average molecular weight is 479 g/mol. The number of hydrogen-bond acceptors (Lipinski definition) is 6. The molecule has 1 atom stereocenters. The van der Waals surface area contributed by atoms with E-state index in [1.54, 1.807) is 49.8 Å². The van der Waals surface area contributed by atoms with Gasteiger partial charge in [0, 0.05) is 24.4 Å². The van der Waals surface area contributed by atoms with Crippen LogP contribution in [0.2, 0.25) is 0 Å². The van der Waals surface area contributed by atoms with Crippen molar-refractivity contribution in [1.82, 2.24) is 28.8 Å².